The summed E-state index contributed by atoms with van der Waals surface area (Å²) in [6.45, 7) is 2.44. The molecule has 0 amide bonds. The van der Waals surface area contributed by atoms with Gasteiger partial charge < -0.3 is 5.32 Å². The van der Waals surface area contributed by atoms with Crippen molar-refractivity contribution < 1.29 is 0 Å². The number of hydrogen-bond acceptors (Lipinski definition) is 1. The van der Waals surface area contributed by atoms with Gasteiger partial charge in [0.05, 0.1) is 0 Å². The lowest BCUT2D eigenvalue weighted by Gasteiger charge is -2.48. The molecule has 0 heterocycles. The van der Waals surface area contributed by atoms with Crippen molar-refractivity contribution in [2.24, 2.45) is 11.8 Å². The van der Waals surface area contributed by atoms with Gasteiger partial charge in [0.2, 0.25) is 0 Å². The summed E-state index contributed by atoms with van der Waals surface area (Å²) in [6, 6.07) is 0. The topological polar surface area (TPSA) is 12.0 Å². The first-order valence-corrected chi connectivity index (χ1v) is 5.95. The second kappa shape index (κ2) is 3.61. The molecule has 2 rings (SSSR count). The first-order valence-electron chi connectivity index (χ1n) is 5.95. The summed E-state index contributed by atoms with van der Waals surface area (Å²) >= 11 is 0. The van der Waals surface area contributed by atoms with Crippen molar-refractivity contribution in [1.82, 2.24) is 5.32 Å². The van der Waals surface area contributed by atoms with Gasteiger partial charge >= 0.3 is 0 Å². The largest absolute Gasteiger partial charge is 0.314 e. The van der Waals surface area contributed by atoms with E-state index >= 15 is 0 Å². The minimum atomic E-state index is 0.462. The van der Waals surface area contributed by atoms with Crippen molar-refractivity contribution in [3.63, 3.8) is 0 Å². The normalized spacial score (nSPS) is 45.7. The maximum absolute atomic E-state index is 3.58. The highest BCUT2D eigenvalue weighted by molar-refractivity contribution is 4.97. The molecule has 2 fully saturated rings. The summed E-state index contributed by atoms with van der Waals surface area (Å²) in [7, 11) is 2.15. The number of rotatable bonds is 1. The summed E-state index contributed by atoms with van der Waals surface area (Å²) in [5.41, 5.74) is 0.462. The lowest BCUT2D eigenvalue weighted by atomic mass is 9.62. The third kappa shape index (κ3) is 1.63. The van der Waals surface area contributed by atoms with Crippen LogP contribution in [0, 0.1) is 11.8 Å². The Kier molecular flexibility index (Phi) is 2.64. The molecule has 0 spiro atoms. The van der Waals surface area contributed by atoms with Crippen molar-refractivity contribution >= 4 is 0 Å². The van der Waals surface area contributed by atoms with Crippen LogP contribution in [0.3, 0.4) is 0 Å². The van der Waals surface area contributed by atoms with Gasteiger partial charge in [-0.3, -0.25) is 0 Å². The minimum absolute atomic E-state index is 0.462. The van der Waals surface area contributed by atoms with Crippen LogP contribution in [0.4, 0.5) is 0 Å². The summed E-state index contributed by atoms with van der Waals surface area (Å²) in [4.78, 5) is 0. The van der Waals surface area contributed by atoms with Gasteiger partial charge in [-0.25, -0.2) is 0 Å². The third-order valence-corrected chi connectivity index (χ3v) is 4.57. The van der Waals surface area contributed by atoms with E-state index in [2.05, 4.69) is 19.3 Å². The summed E-state index contributed by atoms with van der Waals surface area (Å²) in [5, 5.41) is 3.58. The standard InChI is InChI=1S/C12H23N/c1-12(13-2)9-5-7-10-6-3-4-8-11(10)12/h10-11,13H,3-9H2,1-2H3/t10-,11+,12?/m1/s1. The van der Waals surface area contributed by atoms with Gasteiger partial charge in [-0.2, -0.15) is 0 Å². The molecule has 0 aliphatic heterocycles. The molecule has 2 saturated carbocycles. The molecule has 2 aliphatic carbocycles. The Labute approximate surface area is 82.3 Å². The zero-order chi connectivity index (χ0) is 9.31. The molecule has 1 N–H and O–H groups in total. The lowest BCUT2D eigenvalue weighted by Crippen LogP contribution is -2.52. The molecule has 0 aromatic rings. The Hall–Kier alpha value is -0.0400. The van der Waals surface area contributed by atoms with Crippen LogP contribution in [-0.4, -0.2) is 12.6 Å². The Morgan fingerprint density at radius 1 is 1.08 bits per heavy atom. The van der Waals surface area contributed by atoms with Crippen LogP contribution in [0.2, 0.25) is 0 Å². The highest BCUT2D eigenvalue weighted by Crippen LogP contribution is 2.45. The molecule has 3 atom stereocenters. The molecule has 13 heavy (non-hydrogen) atoms. The summed E-state index contributed by atoms with van der Waals surface area (Å²) < 4.78 is 0. The van der Waals surface area contributed by atoms with Crippen molar-refractivity contribution in [2.45, 2.75) is 57.4 Å². The van der Waals surface area contributed by atoms with Crippen molar-refractivity contribution in [3.8, 4) is 0 Å². The molecule has 1 nitrogen and oxygen atoms in total. The van der Waals surface area contributed by atoms with Gasteiger partial charge in [0.1, 0.15) is 0 Å². The van der Waals surface area contributed by atoms with Crippen molar-refractivity contribution in [1.29, 1.82) is 0 Å². The average molecular weight is 181 g/mol. The lowest BCUT2D eigenvalue weighted by molar-refractivity contribution is 0.0672. The maximum Gasteiger partial charge on any atom is 0.0181 e. The first-order chi connectivity index (χ1) is 6.26. The minimum Gasteiger partial charge on any atom is -0.314 e. The quantitative estimate of drug-likeness (QED) is 0.656. The van der Waals surface area contributed by atoms with Crippen LogP contribution in [0.25, 0.3) is 0 Å². The number of hydrogen-bond donors (Lipinski definition) is 1. The molecule has 0 bridgehead atoms. The van der Waals surface area contributed by atoms with Crippen LogP contribution in [0.1, 0.15) is 51.9 Å². The van der Waals surface area contributed by atoms with E-state index in [0.29, 0.717) is 5.54 Å². The Balaban J connectivity index is 2.11. The van der Waals surface area contributed by atoms with Gasteiger partial charge in [0.15, 0.2) is 0 Å². The van der Waals surface area contributed by atoms with Gasteiger partial charge in [-0.15, -0.1) is 0 Å². The zero-order valence-electron chi connectivity index (χ0n) is 9.10. The van der Waals surface area contributed by atoms with Gasteiger partial charge in [-0.1, -0.05) is 32.1 Å². The fourth-order valence-electron chi connectivity index (χ4n) is 3.62. The molecule has 76 valence electrons. The Morgan fingerprint density at radius 3 is 2.54 bits per heavy atom. The monoisotopic (exact) mass is 181 g/mol. The van der Waals surface area contributed by atoms with E-state index in [1.807, 2.05) is 0 Å². The highest BCUT2D eigenvalue weighted by atomic mass is 14.9. The van der Waals surface area contributed by atoms with E-state index in [9.17, 15) is 0 Å². The van der Waals surface area contributed by atoms with E-state index in [-0.39, 0.29) is 0 Å². The number of fused-ring (bicyclic) bond motifs is 1. The van der Waals surface area contributed by atoms with Crippen molar-refractivity contribution in [3.05, 3.63) is 0 Å². The van der Waals surface area contributed by atoms with E-state index in [4.69, 9.17) is 0 Å². The van der Waals surface area contributed by atoms with Gasteiger partial charge in [-0.05, 0) is 38.6 Å². The smallest absolute Gasteiger partial charge is 0.0181 e. The van der Waals surface area contributed by atoms with Crippen molar-refractivity contribution in [2.75, 3.05) is 7.05 Å². The Morgan fingerprint density at radius 2 is 1.77 bits per heavy atom. The molecule has 0 aromatic heterocycles. The fraction of sp³-hybridized carbons (Fsp3) is 1.00. The highest BCUT2D eigenvalue weighted by Gasteiger charge is 2.41. The third-order valence-electron chi connectivity index (χ3n) is 4.57. The van der Waals surface area contributed by atoms with Crippen LogP contribution in [0.15, 0.2) is 0 Å². The molecular formula is C12H23N. The maximum atomic E-state index is 3.58. The number of nitrogens with one attached hydrogen (secondary N) is 1. The average Bonchev–Trinajstić information content (AvgIpc) is 2.19. The predicted octanol–water partition coefficient (Wildman–Crippen LogP) is 2.95. The molecule has 0 aromatic carbocycles. The zero-order valence-corrected chi connectivity index (χ0v) is 9.10. The van der Waals surface area contributed by atoms with Gasteiger partial charge in [0.25, 0.3) is 0 Å². The van der Waals surface area contributed by atoms with E-state index < -0.39 is 0 Å². The van der Waals surface area contributed by atoms with E-state index in [0.717, 1.165) is 11.8 Å². The van der Waals surface area contributed by atoms with E-state index in [1.165, 1.54) is 44.9 Å². The molecule has 0 saturated heterocycles. The molecule has 1 heteroatoms. The SMILES string of the molecule is CNC1(C)CCC[C@H]2CCCC[C@@H]21. The predicted molar refractivity (Wildman–Crippen MR) is 56.8 cm³/mol. The second-order valence-corrected chi connectivity index (χ2v) is 5.21. The molecule has 0 radical (unpaired) electrons. The fourth-order valence-corrected chi connectivity index (χ4v) is 3.62. The van der Waals surface area contributed by atoms with Gasteiger partial charge in [0, 0.05) is 5.54 Å². The molecular weight excluding hydrogens is 158 g/mol. The first kappa shape index (κ1) is 9.51. The van der Waals surface area contributed by atoms with Crippen LogP contribution in [-0.2, 0) is 0 Å². The summed E-state index contributed by atoms with van der Waals surface area (Å²) in [5.74, 6) is 2.01. The second-order valence-electron chi connectivity index (χ2n) is 5.21. The Bertz CT molecular complexity index is 176. The van der Waals surface area contributed by atoms with Crippen LogP contribution < -0.4 is 5.32 Å². The van der Waals surface area contributed by atoms with Crippen LogP contribution >= 0.6 is 0 Å². The van der Waals surface area contributed by atoms with Crippen LogP contribution in [0.5, 0.6) is 0 Å². The van der Waals surface area contributed by atoms with E-state index in [1.54, 1.807) is 0 Å². The molecule has 2 aliphatic rings. The molecule has 1 unspecified atom stereocenters. The summed E-state index contributed by atoms with van der Waals surface area (Å²) in [6.07, 6.45) is 10.3.